The van der Waals surface area contributed by atoms with Crippen LogP contribution in [0.15, 0.2) is 0 Å². The molecule has 0 saturated carbocycles. The van der Waals surface area contributed by atoms with E-state index < -0.39 is 11.5 Å². The molecular weight excluding hydrogens is 222 g/mol. The smallest absolute Gasteiger partial charge is 0.303 e. The molecule has 0 spiro atoms. The second kappa shape index (κ2) is 7.27. The number of carbonyl (C=O) groups excluding carboxylic acids is 1. The molecule has 0 fully saturated rings. The normalized spacial score (nSPS) is 16.0. The second-order valence-electron chi connectivity index (χ2n) is 4.84. The van der Waals surface area contributed by atoms with Crippen LogP contribution in [0.1, 0.15) is 46.5 Å². The van der Waals surface area contributed by atoms with Crippen molar-refractivity contribution in [2.45, 2.75) is 52.0 Å². The second-order valence-corrected chi connectivity index (χ2v) is 4.84. The molecule has 0 aromatic rings. The lowest BCUT2D eigenvalue weighted by molar-refractivity contribution is -0.138. The fraction of sp³-hybridized carbons (Fsp3) is 0.833. The van der Waals surface area contributed by atoms with Gasteiger partial charge in [0.15, 0.2) is 0 Å². The van der Waals surface area contributed by atoms with Gasteiger partial charge in [-0.2, -0.15) is 0 Å². The van der Waals surface area contributed by atoms with Crippen molar-refractivity contribution in [1.29, 1.82) is 0 Å². The molecule has 0 aliphatic carbocycles. The molecule has 2 unspecified atom stereocenters. The van der Waals surface area contributed by atoms with Gasteiger partial charge in [0.25, 0.3) is 0 Å². The van der Waals surface area contributed by atoms with Gasteiger partial charge in [0.05, 0.1) is 0 Å². The van der Waals surface area contributed by atoms with E-state index in [-0.39, 0.29) is 31.3 Å². The highest BCUT2D eigenvalue weighted by molar-refractivity contribution is 5.77. The summed E-state index contributed by atoms with van der Waals surface area (Å²) in [5.41, 5.74) is -0.408. The summed E-state index contributed by atoms with van der Waals surface area (Å²) >= 11 is 0. The minimum Gasteiger partial charge on any atom is -0.481 e. The van der Waals surface area contributed by atoms with Crippen molar-refractivity contribution in [3.8, 4) is 0 Å². The Morgan fingerprint density at radius 2 is 1.94 bits per heavy atom. The van der Waals surface area contributed by atoms with E-state index in [0.29, 0.717) is 6.42 Å². The van der Waals surface area contributed by atoms with Gasteiger partial charge in [0.1, 0.15) is 0 Å². The van der Waals surface area contributed by atoms with Crippen LogP contribution in [0.2, 0.25) is 0 Å². The Morgan fingerprint density at radius 1 is 1.35 bits per heavy atom. The molecule has 1 amide bonds. The molecule has 0 saturated heterocycles. The highest BCUT2D eigenvalue weighted by Gasteiger charge is 2.24. The first kappa shape index (κ1) is 15.9. The topological polar surface area (TPSA) is 86.6 Å². The Balaban J connectivity index is 4.19. The molecule has 0 bridgehead atoms. The summed E-state index contributed by atoms with van der Waals surface area (Å²) < 4.78 is 0. The number of aliphatic hydroxyl groups is 1. The number of rotatable bonds is 8. The number of nitrogens with one attached hydrogen (secondary N) is 1. The van der Waals surface area contributed by atoms with Gasteiger partial charge in [-0.1, -0.05) is 13.8 Å². The monoisotopic (exact) mass is 245 g/mol. The molecule has 5 heteroatoms. The number of hydrogen-bond acceptors (Lipinski definition) is 3. The van der Waals surface area contributed by atoms with Gasteiger partial charge < -0.3 is 15.5 Å². The van der Waals surface area contributed by atoms with Gasteiger partial charge in [0.2, 0.25) is 5.91 Å². The van der Waals surface area contributed by atoms with E-state index in [0.717, 1.165) is 6.42 Å². The summed E-state index contributed by atoms with van der Waals surface area (Å²) in [5, 5.41) is 20.4. The number of carbonyl (C=O) groups is 2. The molecular formula is C12H23NO4. The number of hydrogen-bond donors (Lipinski definition) is 3. The van der Waals surface area contributed by atoms with Crippen molar-refractivity contribution in [1.82, 2.24) is 5.32 Å². The average Bonchev–Trinajstić information content (AvgIpc) is 2.15. The Kier molecular flexibility index (Phi) is 6.80. The van der Waals surface area contributed by atoms with Crippen LogP contribution in [-0.4, -0.2) is 34.2 Å². The predicted octanol–water partition coefficient (Wildman–Crippen LogP) is 1.15. The van der Waals surface area contributed by atoms with Crippen molar-refractivity contribution in [3.05, 3.63) is 0 Å². The Morgan fingerprint density at radius 3 is 2.35 bits per heavy atom. The Labute approximate surface area is 102 Å². The third-order valence-electron chi connectivity index (χ3n) is 2.94. The first-order valence-corrected chi connectivity index (χ1v) is 5.96. The van der Waals surface area contributed by atoms with Gasteiger partial charge in [-0.15, -0.1) is 0 Å². The van der Waals surface area contributed by atoms with E-state index in [9.17, 15) is 9.59 Å². The minimum absolute atomic E-state index is 0.00371. The molecule has 0 aromatic heterocycles. The maximum atomic E-state index is 11.7. The maximum Gasteiger partial charge on any atom is 0.303 e. The highest BCUT2D eigenvalue weighted by atomic mass is 16.4. The first-order valence-electron chi connectivity index (χ1n) is 5.96. The fourth-order valence-electron chi connectivity index (χ4n) is 1.65. The molecule has 0 rings (SSSR count). The van der Waals surface area contributed by atoms with Crippen molar-refractivity contribution in [2.75, 3.05) is 6.61 Å². The third-order valence-corrected chi connectivity index (χ3v) is 2.94. The van der Waals surface area contributed by atoms with Crippen molar-refractivity contribution in [2.24, 2.45) is 5.92 Å². The SMILES string of the molecule is CCC(C)(CCO)NC(=O)CC(C)CC(=O)O. The van der Waals surface area contributed by atoms with Crippen molar-refractivity contribution < 1.29 is 19.8 Å². The number of amides is 1. The van der Waals surface area contributed by atoms with E-state index in [1.807, 2.05) is 13.8 Å². The van der Waals surface area contributed by atoms with Crippen LogP contribution in [0.5, 0.6) is 0 Å². The van der Waals surface area contributed by atoms with Crippen LogP contribution in [-0.2, 0) is 9.59 Å². The van der Waals surface area contributed by atoms with Crippen molar-refractivity contribution in [3.63, 3.8) is 0 Å². The maximum absolute atomic E-state index is 11.7. The van der Waals surface area contributed by atoms with E-state index in [1.54, 1.807) is 6.92 Å². The number of carboxylic acids is 1. The number of aliphatic hydroxyl groups excluding tert-OH is 1. The van der Waals surface area contributed by atoms with E-state index in [1.165, 1.54) is 0 Å². The van der Waals surface area contributed by atoms with Crippen LogP contribution in [0.4, 0.5) is 0 Å². The van der Waals surface area contributed by atoms with Crippen LogP contribution in [0.25, 0.3) is 0 Å². The summed E-state index contributed by atoms with van der Waals surface area (Å²) in [6.07, 6.45) is 1.43. The van der Waals surface area contributed by atoms with Crippen LogP contribution in [0.3, 0.4) is 0 Å². The van der Waals surface area contributed by atoms with Gasteiger partial charge in [-0.3, -0.25) is 9.59 Å². The lowest BCUT2D eigenvalue weighted by Crippen LogP contribution is -2.46. The van der Waals surface area contributed by atoms with Crippen molar-refractivity contribution >= 4 is 11.9 Å². The zero-order valence-electron chi connectivity index (χ0n) is 10.8. The zero-order valence-corrected chi connectivity index (χ0v) is 10.8. The van der Waals surface area contributed by atoms with Gasteiger partial charge in [-0.05, 0) is 25.7 Å². The Bertz CT molecular complexity index is 267. The summed E-state index contributed by atoms with van der Waals surface area (Å²) in [7, 11) is 0. The molecule has 0 radical (unpaired) electrons. The number of carboxylic acid groups (broad SMARTS) is 1. The standard InChI is InChI=1S/C12H23NO4/c1-4-12(3,5-6-14)13-10(15)7-9(2)8-11(16)17/h9,14H,4-8H2,1-3H3,(H,13,15)(H,16,17). The van der Waals surface area contributed by atoms with E-state index >= 15 is 0 Å². The quantitative estimate of drug-likeness (QED) is 0.599. The summed E-state index contributed by atoms with van der Waals surface area (Å²) in [4.78, 5) is 22.2. The first-order chi connectivity index (χ1) is 7.83. The van der Waals surface area contributed by atoms with Gasteiger partial charge in [-0.25, -0.2) is 0 Å². The predicted molar refractivity (Wildman–Crippen MR) is 64.6 cm³/mol. The summed E-state index contributed by atoms with van der Waals surface area (Å²) in [5.74, 6) is -1.22. The van der Waals surface area contributed by atoms with Crippen LogP contribution in [0, 0.1) is 5.92 Å². The van der Waals surface area contributed by atoms with Gasteiger partial charge in [0, 0.05) is 25.0 Å². The van der Waals surface area contributed by atoms with E-state index in [2.05, 4.69) is 5.32 Å². The molecule has 2 atom stereocenters. The summed E-state index contributed by atoms with van der Waals surface area (Å²) in [6.45, 7) is 5.58. The molecule has 0 aromatic carbocycles. The largest absolute Gasteiger partial charge is 0.481 e. The van der Waals surface area contributed by atoms with E-state index in [4.69, 9.17) is 10.2 Å². The Hall–Kier alpha value is -1.10. The number of aliphatic carboxylic acids is 1. The summed E-state index contributed by atoms with van der Waals surface area (Å²) in [6, 6.07) is 0. The molecule has 17 heavy (non-hydrogen) atoms. The molecule has 3 N–H and O–H groups in total. The highest BCUT2D eigenvalue weighted by Crippen LogP contribution is 2.15. The minimum atomic E-state index is -0.890. The molecule has 100 valence electrons. The molecule has 0 aliphatic heterocycles. The lowest BCUT2D eigenvalue weighted by Gasteiger charge is -2.29. The lowest BCUT2D eigenvalue weighted by atomic mass is 9.94. The fourth-order valence-corrected chi connectivity index (χ4v) is 1.65. The average molecular weight is 245 g/mol. The molecule has 5 nitrogen and oxygen atoms in total. The third kappa shape index (κ3) is 6.94. The zero-order chi connectivity index (χ0) is 13.5. The van der Waals surface area contributed by atoms with Crippen LogP contribution >= 0.6 is 0 Å². The molecule has 0 aliphatic rings. The van der Waals surface area contributed by atoms with Gasteiger partial charge >= 0.3 is 5.97 Å². The molecule has 0 heterocycles. The van der Waals surface area contributed by atoms with Crippen LogP contribution < -0.4 is 5.32 Å².